The second-order valence-corrected chi connectivity index (χ2v) is 4.49. The van der Waals surface area contributed by atoms with E-state index < -0.39 is 0 Å². The minimum Gasteiger partial charge on any atom is -0.382 e. The molecule has 84 valence electrons. The lowest BCUT2D eigenvalue weighted by Gasteiger charge is -2.13. The lowest BCUT2D eigenvalue weighted by molar-refractivity contribution is 0.785. The molecule has 2 rings (SSSR count). The van der Waals surface area contributed by atoms with Gasteiger partial charge < -0.3 is 11.1 Å². The Morgan fingerprint density at radius 2 is 2.31 bits per heavy atom. The van der Waals surface area contributed by atoms with Crippen LogP contribution in [0.4, 0.5) is 11.6 Å². The van der Waals surface area contributed by atoms with Crippen LogP contribution in [0, 0.1) is 0 Å². The first kappa shape index (κ1) is 10.9. The smallest absolute Gasteiger partial charge is 0.144 e. The molecular weight excluding hydrogens is 220 g/mol. The Labute approximate surface area is 98.6 Å². The van der Waals surface area contributed by atoms with Crippen molar-refractivity contribution in [1.82, 2.24) is 9.97 Å². The Bertz CT molecular complexity index is 424. The number of anilines is 2. The molecule has 16 heavy (non-hydrogen) atoms. The summed E-state index contributed by atoms with van der Waals surface area (Å²) in [6.07, 6.45) is 4.19. The highest BCUT2D eigenvalue weighted by atomic mass is 32.1. The third-order valence-corrected chi connectivity index (χ3v) is 2.92. The normalized spacial score (nSPS) is 12.3. The second-order valence-electron chi connectivity index (χ2n) is 3.71. The van der Waals surface area contributed by atoms with Gasteiger partial charge in [-0.1, -0.05) is 0 Å². The second kappa shape index (κ2) is 4.94. The Kier molecular flexibility index (Phi) is 3.36. The van der Waals surface area contributed by atoms with Crippen molar-refractivity contribution < 1.29 is 0 Å². The molecule has 0 fully saturated rings. The van der Waals surface area contributed by atoms with E-state index in [4.69, 9.17) is 5.73 Å². The van der Waals surface area contributed by atoms with Crippen LogP contribution in [0.5, 0.6) is 0 Å². The number of nitrogens with one attached hydrogen (secondary N) is 1. The molecule has 0 radical (unpaired) electrons. The van der Waals surface area contributed by atoms with Crippen molar-refractivity contribution in [3.63, 3.8) is 0 Å². The van der Waals surface area contributed by atoms with E-state index in [9.17, 15) is 0 Å². The predicted molar refractivity (Wildman–Crippen MR) is 67.6 cm³/mol. The molecule has 2 aromatic heterocycles. The first-order chi connectivity index (χ1) is 7.74. The summed E-state index contributed by atoms with van der Waals surface area (Å²) in [7, 11) is 0. The maximum Gasteiger partial charge on any atom is 0.144 e. The van der Waals surface area contributed by atoms with E-state index >= 15 is 0 Å². The van der Waals surface area contributed by atoms with E-state index in [1.54, 1.807) is 23.7 Å². The average Bonchev–Trinajstić information content (AvgIpc) is 2.74. The fourth-order valence-electron chi connectivity index (χ4n) is 1.48. The molecule has 2 heterocycles. The first-order valence-corrected chi connectivity index (χ1v) is 6.03. The third kappa shape index (κ3) is 2.93. The maximum absolute atomic E-state index is 5.47. The lowest BCUT2D eigenvalue weighted by Crippen LogP contribution is -2.18. The summed E-state index contributed by atoms with van der Waals surface area (Å²) in [4.78, 5) is 8.14. The van der Waals surface area contributed by atoms with Crippen LogP contribution >= 0.6 is 11.3 Å². The van der Waals surface area contributed by atoms with Gasteiger partial charge in [-0.2, -0.15) is 11.3 Å². The quantitative estimate of drug-likeness (QED) is 0.851. The standard InChI is InChI=1S/C11H14N4S/c1-8(4-9-2-3-16-7-9)15-11-6-13-10(12)5-14-11/h2-3,5-8H,4H2,1H3,(H2,12,13)(H,14,15). The minimum atomic E-state index is 0.326. The van der Waals surface area contributed by atoms with E-state index in [1.165, 1.54) is 5.56 Å². The number of nitrogen functional groups attached to an aromatic ring is 1. The number of nitrogens with two attached hydrogens (primary N) is 1. The summed E-state index contributed by atoms with van der Waals surface area (Å²) in [5.74, 6) is 1.20. The molecule has 0 aliphatic rings. The Morgan fingerprint density at radius 3 is 2.94 bits per heavy atom. The Hall–Kier alpha value is -1.62. The number of nitrogens with zero attached hydrogens (tertiary/aromatic N) is 2. The molecule has 0 amide bonds. The summed E-state index contributed by atoms with van der Waals surface area (Å²) in [6.45, 7) is 2.12. The molecule has 0 spiro atoms. The monoisotopic (exact) mass is 234 g/mol. The summed E-state index contributed by atoms with van der Waals surface area (Å²) in [5.41, 5.74) is 6.81. The first-order valence-electron chi connectivity index (χ1n) is 5.09. The molecule has 4 nitrogen and oxygen atoms in total. The predicted octanol–water partition coefficient (Wildman–Crippen LogP) is 2.16. The molecule has 0 aromatic carbocycles. The van der Waals surface area contributed by atoms with Gasteiger partial charge in [-0.3, -0.25) is 0 Å². The molecule has 0 saturated heterocycles. The summed E-state index contributed by atoms with van der Waals surface area (Å²) >= 11 is 1.72. The number of thiophene rings is 1. The van der Waals surface area contributed by atoms with Gasteiger partial charge in [0.2, 0.25) is 0 Å². The number of hydrogen-bond acceptors (Lipinski definition) is 5. The van der Waals surface area contributed by atoms with E-state index in [0.717, 1.165) is 12.2 Å². The molecule has 1 atom stereocenters. The van der Waals surface area contributed by atoms with Crippen molar-refractivity contribution in [2.24, 2.45) is 0 Å². The van der Waals surface area contributed by atoms with Gasteiger partial charge in [-0.15, -0.1) is 0 Å². The fraction of sp³-hybridized carbons (Fsp3) is 0.273. The van der Waals surface area contributed by atoms with Crippen LogP contribution in [-0.4, -0.2) is 16.0 Å². The molecule has 0 saturated carbocycles. The SMILES string of the molecule is CC(Cc1ccsc1)Nc1cnc(N)cn1. The van der Waals surface area contributed by atoms with Crippen molar-refractivity contribution in [2.45, 2.75) is 19.4 Å². The zero-order valence-electron chi connectivity index (χ0n) is 9.05. The third-order valence-electron chi connectivity index (χ3n) is 2.19. The summed E-state index contributed by atoms with van der Waals surface area (Å²) in [5, 5.41) is 7.53. The van der Waals surface area contributed by atoms with E-state index in [-0.39, 0.29) is 0 Å². The van der Waals surface area contributed by atoms with Crippen molar-refractivity contribution in [3.8, 4) is 0 Å². The molecule has 2 aromatic rings. The van der Waals surface area contributed by atoms with Crippen LogP contribution in [-0.2, 0) is 6.42 Å². The van der Waals surface area contributed by atoms with Gasteiger partial charge >= 0.3 is 0 Å². The average molecular weight is 234 g/mol. The van der Waals surface area contributed by atoms with Gasteiger partial charge in [-0.05, 0) is 35.7 Å². The largest absolute Gasteiger partial charge is 0.382 e. The molecule has 1 unspecified atom stereocenters. The molecule has 5 heteroatoms. The molecule has 0 aliphatic carbocycles. The minimum absolute atomic E-state index is 0.326. The van der Waals surface area contributed by atoms with Gasteiger partial charge in [0.1, 0.15) is 11.6 Å². The highest BCUT2D eigenvalue weighted by Gasteiger charge is 2.04. The van der Waals surface area contributed by atoms with Gasteiger partial charge in [0.15, 0.2) is 0 Å². The summed E-state index contributed by atoms with van der Waals surface area (Å²) < 4.78 is 0. The Balaban J connectivity index is 1.92. The van der Waals surface area contributed by atoms with Crippen LogP contribution in [0.1, 0.15) is 12.5 Å². The fourth-order valence-corrected chi connectivity index (χ4v) is 2.16. The van der Waals surface area contributed by atoms with Crippen LogP contribution < -0.4 is 11.1 Å². The lowest BCUT2D eigenvalue weighted by atomic mass is 10.1. The van der Waals surface area contributed by atoms with E-state index in [0.29, 0.717) is 11.9 Å². The molecule has 0 aliphatic heterocycles. The van der Waals surface area contributed by atoms with Gasteiger partial charge in [0, 0.05) is 6.04 Å². The van der Waals surface area contributed by atoms with Crippen molar-refractivity contribution in [1.29, 1.82) is 0 Å². The van der Waals surface area contributed by atoms with Gasteiger partial charge in [0.25, 0.3) is 0 Å². The van der Waals surface area contributed by atoms with E-state index in [2.05, 4.69) is 39.0 Å². The molecule has 3 N–H and O–H groups in total. The van der Waals surface area contributed by atoms with Crippen molar-refractivity contribution in [3.05, 3.63) is 34.8 Å². The van der Waals surface area contributed by atoms with Crippen molar-refractivity contribution in [2.75, 3.05) is 11.1 Å². The zero-order valence-corrected chi connectivity index (χ0v) is 9.87. The highest BCUT2D eigenvalue weighted by Crippen LogP contribution is 2.11. The summed E-state index contributed by atoms with van der Waals surface area (Å²) in [6, 6.07) is 2.46. The van der Waals surface area contributed by atoms with Crippen molar-refractivity contribution >= 4 is 23.0 Å². The van der Waals surface area contributed by atoms with Gasteiger partial charge in [0.05, 0.1) is 12.4 Å². The van der Waals surface area contributed by atoms with Gasteiger partial charge in [-0.25, -0.2) is 9.97 Å². The number of rotatable bonds is 4. The zero-order chi connectivity index (χ0) is 11.4. The highest BCUT2D eigenvalue weighted by molar-refractivity contribution is 7.07. The molecular formula is C11H14N4S. The van der Waals surface area contributed by atoms with Crippen LogP contribution in [0.2, 0.25) is 0 Å². The Morgan fingerprint density at radius 1 is 1.44 bits per heavy atom. The maximum atomic E-state index is 5.47. The topological polar surface area (TPSA) is 63.8 Å². The van der Waals surface area contributed by atoms with Crippen LogP contribution in [0.15, 0.2) is 29.2 Å². The number of aromatic nitrogens is 2. The molecule has 0 bridgehead atoms. The number of hydrogen-bond donors (Lipinski definition) is 2. The van der Waals surface area contributed by atoms with E-state index in [1.807, 2.05) is 0 Å². The van der Waals surface area contributed by atoms with Crippen LogP contribution in [0.3, 0.4) is 0 Å². The van der Waals surface area contributed by atoms with Crippen LogP contribution in [0.25, 0.3) is 0 Å².